The minimum Gasteiger partial charge on any atom is -0.294 e. The molecule has 0 radical (unpaired) electrons. The lowest BCUT2D eigenvalue weighted by molar-refractivity contribution is 0.194. The van der Waals surface area contributed by atoms with Crippen LogP contribution in [0.2, 0.25) is 0 Å². The number of unbranched alkanes of at least 4 members (excludes halogenated alkanes) is 4. The number of aliphatic imine (C=N–C) groups is 2. The van der Waals surface area contributed by atoms with E-state index in [9.17, 15) is 0 Å². The average molecular weight is 399 g/mol. The zero-order valence-corrected chi connectivity index (χ0v) is 20.2. The van der Waals surface area contributed by atoms with Crippen LogP contribution in [-0.2, 0) is 0 Å². The number of hydrogen-bond acceptors (Lipinski definition) is 2. The summed E-state index contributed by atoms with van der Waals surface area (Å²) >= 11 is 0. The third-order valence-corrected chi connectivity index (χ3v) is 10.9. The van der Waals surface area contributed by atoms with Crippen molar-refractivity contribution >= 4 is 11.4 Å². The maximum atomic E-state index is 5.10. The zero-order valence-electron chi connectivity index (χ0n) is 20.2. The van der Waals surface area contributed by atoms with Crippen LogP contribution < -0.4 is 0 Å². The Morgan fingerprint density at radius 1 is 0.621 bits per heavy atom. The second-order valence-electron chi connectivity index (χ2n) is 12.4. The largest absolute Gasteiger partial charge is 0.294 e. The van der Waals surface area contributed by atoms with E-state index >= 15 is 0 Å². The van der Waals surface area contributed by atoms with Gasteiger partial charge in [0.15, 0.2) is 0 Å². The summed E-state index contributed by atoms with van der Waals surface area (Å²) in [5.41, 5.74) is 4.83. The topological polar surface area (TPSA) is 24.7 Å². The van der Waals surface area contributed by atoms with Gasteiger partial charge in [0, 0.05) is 35.3 Å². The van der Waals surface area contributed by atoms with Crippen LogP contribution in [0.1, 0.15) is 112 Å². The zero-order chi connectivity index (χ0) is 20.9. The van der Waals surface area contributed by atoms with E-state index in [-0.39, 0.29) is 0 Å². The molecule has 0 saturated heterocycles. The molecule has 4 saturated carbocycles. The number of fused-ring (bicyclic) bond motifs is 4. The van der Waals surface area contributed by atoms with Gasteiger partial charge in [-0.1, -0.05) is 60.8 Å². The quantitative estimate of drug-likeness (QED) is 0.378. The molecule has 164 valence electrons. The molecule has 0 heterocycles. The Kier molecular flexibility index (Phi) is 5.57. The molecule has 4 aliphatic rings. The second-order valence-corrected chi connectivity index (χ2v) is 12.4. The number of nitrogens with zero attached hydrogens (tertiary/aromatic N) is 2. The first-order valence-corrected chi connectivity index (χ1v) is 12.7. The second kappa shape index (κ2) is 7.49. The van der Waals surface area contributed by atoms with Gasteiger partial charge in [-0.05, 0) is 74.0 Å². The molecule has 4 rings (SSSR count). The Balaban J connectivity index is 1.12. The molecule has 29 heavy (non-hydrogen) atoms. The lowest BCUT2D eigenvalue weighted by Gasteiger charge is -2.34. The molecule has 0 aromatic rings. The summed E-state index contributed by atoms with van der Waals surface area (Å²) in [6, 6.07) is 0. The molecule has 2 heteroatoms. The summed E-state index contributed by atoms with van der Waals surface area (Å²) in [5.74, 6) is 1.77. The van der Waals surface area contributed by atoms with Crippen LogP contribution in [0.25, 0.3) is 0 Å². The smallest absolute Gasteiger partial charge is 0.0388 e. The Labute approximate surface area is 180 Å². The summed E-state index contributed by atoms with van der Waals surface area (Å²) in [5, 5.41) is 0. The summed E-state index contributed by atoms with van der Waals surface area (Å²) in [6.07, 6.45) is 14.7. The van der Waals surface area contributed by atoms with Crippen LogP contribution in [0.3, 0.4) is 0 Å². The van der Waals surface area contributed by atoms with Crippen molar-refractivity contribution in [2.75, 3.05) is 13.1 Å². The summed E-state index contributed by atoms with van der Waals surface area (Å²) in [4.78, 5) is 10.2. The highest BCUT2D eigenvalue weighted by Gasteiger charge is 2.60. The van der Waals surface area contributed by atoms with Crippen LogP contribution in [0, 0.1) is 33.5 Å². The molecule has 2 nitrogen and oxygen atoms in total. The molecular weight excluding hydrogens is 352 g/mol. The van der Waals surface area contributed by atoms with Gasteiger partial charge in [0.1, 0.15) is 0 Å². The van der Waals surface area contributed by atoms with Gasteiger partial charge >= 0.3 is 0 Å². The van der Waals surface area contributed by atoms with Gasteiger partial charge in [-0.3, -0.25) is 9.98 Å². The third-order valence-electron chi connectivity index (χ3n) is 10.9. The van der Waals surface area contributed by atoms with E-state index < -0.39 is 0 Å². The molecule has 0 aliphatic heterocycles. The fourth-order valence-corrected chi connectivity index (χ4v) is 7.52. The van der Waals surface area contributed by atoms with Gasteiger partial charge < -0.3 is 0 Å². The molecule has 0 unspecified atom stereocenters. The number of hydrogen-bond donors (Lipinski definition) is 0. The highest BCUT2D eigenvalue weighted by atomic mass is 14.8. The average Bonchev–Trinajstić information content (AvgIpc) is 3.18. The summed E-state index contributed by atoms with van der Waals surface area (Å²) in [6.45, 7) is 17.0. The SMILES string of the molecule is CC1(C)[C@@H]2CC[C@]1(C)C(=NCCCCCCCN=C1C[C@H]3CC[C@@]1(C)C3(C)C)C2. The Bertz CT molecular complexity index is 627. The van der Waals surface area contributed by atoms with Crippen molar-refractivity contribution in [3.05, 3.63) is 0 Å². The van der Waals surface area contributed by atoms with E-state index in [2.05, 4.69) is 41.5 Å². The van der Waals surface area contributed by atoms with Crippen LogP contribution >= 0.6 is 0 Å². The van der Waals surface area contributed by atoms with Crippen LogP contribution in [-0.4, -0.2) is 24.5 Å². The van der Waals surface area contributed by atoms with Crippen LogP contribution in [0.5, 0.6) is 0 Å². The molecule has 0 amide bonds. The van der Waals surface area contributed by atoms with Crippen molar-refractivity contribution in [2.45, 2.75) is 112 Å². The maximum Gasteiger partial charge on any atom is 0.0388 e. The third kappa shape index (κ3) is 3.26. The predicted octanol–water partition coefficient (Wildman–Crippen LogP) is 7.51. The molecule has 4 aliphatic carbocycles. The Morgan fingerprint density at radius 3 is 1.31 bits per heavy atom. The van der Waals surface area contributed by atoms with Gasteiger partial charge in [0.2, 0.25) is 0 Å². The van der Waals surface area contributed by atoms with Crippen molar-refractivity contribution in [1.29, 1.82) is 0 Å². The lowest BCUT2D eigenvalue weighted by atomic mass is 9.70. The first-order chi connectivity index (χ1) is 13.6. The van der Waals surface area contributed by atoms with Crippen molar-refractivity contribution in [1.82, 2.24) is 0 Å². The minimum absolute atomic E-state index is 0.391. The van der Waals surface area contributed by atoms with E-state index in [1.807, 2.05) is 0 Å². The monoisotopic (exact) mass is 398 g/mol. The molecule has 0 aromatic heterocycles. The van der Waals surface area contributed by atoms with Crippen molar-refractivity contribution in [3.63, 3.8) is 0 Å². The van der Waals surface area contributed by atoms with E-state index in [0.29, 0.717) is 21.7 Å². The summed E-state index contributed by atoms with van der Waals surface area (Å²) < 4.78 is 0. The number of rotatable bonds is 8. The molecule has 4 atom stereocenters. The standard InChI is InChI=1S/C27H46N2/c1-24(2)20-12-14-26(24,5)22(18-20)28-16-10-8-7-9-11-17-29-23-19-21-13-15-27(23,6)25(21,3)4/h20-21H,7-19H2,1-6H3/t20-,21-,26-,27-/m1/s1. The first kappa shape index (κ1) is 21.6. The molecule has 4 fully saturated rings. The van der Waals surface area contributed by atoms with Crippen molar-refractivity contribution in [3.8, 4) is 0 Å². The van der Waals surface area contributed by atoms with E-state index in [4.69, 9.17) is 9.98 Å². The fraction of sp³-hybridized carbons (Fsp3) is 0.926. The highest BCUT2D eigenvalue weighted by molar-refractivity contribution is 5.94. The minimum atomic E-state index is 0.391. The molecule has 0 aromatic carbocycles. The van der Waals surface area contributed by atoms with Crippen LogP contribution in [0.15, 0.2) is 9.98 Å². The normalized spacial score (nSPS) is 41.9. The Hall–Kier alpha value is -0.660. The molecule has 0 spiro atoms. The van der Waals surface area contributed by atoms with Gasteiger partial charge in [-0.2, -0.15) is 0 Å². The highest BCUT2D eigenvalue weighted by Crippen LogP contribution is 2.64. The molecular formula is C27H46N2. The van der Waals surface area contributed by atoms with E-state index in [0.717, 1.165) is 24.9 Å². The Morgan fingerprint density at radius 2 is 1.00 bits per heavy atom. The van der Waals surface area contributed by atoms with Gasteiger partial charge in [0.25, 0.3) is 0 Å². The van der Waals surface area contributed by atoms with Crippen LogP contribution in [0.4, 0.5) is 0 Å². The van der Waals surface area contributed by atoms with E-state index in [1.165, 1.54) is 70.6 Å². The molecule has 4 bridgehead atoms. The van der Waals surface area contributed by atoms with E-state index in [1.54, 1.807) is 11.4 Å². The summed E-state index contributed by atoms with van der Waals surface area (Å²) in [7, 11) is 0. The van der Waals surface area contributed by atoms with Gasteiger partial charge in [0.05, 0.1) is 0 Å². The fourth-order valence-electron chi connectivity index (χ4n) is 7.52. The van der Waals surface area contributed by atoms with Gasteiger partial charge in [-0.25, -0.2) is 0 Å². The van der Waals surface area contributed by atoms with Gasteiger partial charge in [-0.15, -0.1) is 0 Å². The lowest BCUT2D eigenvalue weighted by Crippen LogP contribution is -2.32. The maximum absolute atomic E-state index is 5.10. The van der Waals surface area contributed by atoms with Crippen molar-refractivity contribution in [2.24, 2.45) is 43.5 Å². The molecule has 0 N–H and O–H groups in total. The van der Waals surface area contributed by atoms with Crippen molar-refractivity contribution < 1.29 is 0 Å². The predicted molar refractivity (Wildman–Crippen MR) is 126 cm³/mol. The first-order valence-electron chi connectivity index (χ1n) is 12.7.